The maximum atomic E-state index is 4.42. The highest BCUT2D eigenvalue weighted by molar-refractivity contribution is 5.36. The molecule has 88 valence electrons. The first-order valence-corrected chi connectivity index (χ1v) is 5.76. The molecule has 0 bridgehead atoms. The molecule has 4 nitrogen and oxygen atoms in total. The van der Waals surface area contributed by atoms with Crippen LogP contribution in [0.1, 0.15) is 24.1 Å². The van der Waals surface area contributed by atoms with Gasteiger partial charge in [0.25, 0.3) is 0 Å². The first-order valence-electron chi connectivity index (χ1n) is 5.76. The lowest BCUT2D eigenvalue weighted by Crippen LogP contribution is -2.04. The van der Waals surface area contributed by atoms with Crippen LogP contribution in [-0.4, -0.2) is 21.5 Å². The molecular formula is C13H16N4. The van der Waals surface area contributed by atoms with Crippen LogP contribution in [0.25, 0.3) is 0 Å². The van der Waals surface area contributed by atoms with Crippen LogP contribution in [-0.2, 0) is 6.42 Å². The Morgan fingerprint density at radius 2 is 2.06 bits per heavy atom. The van der Waals surface area contributed by atoms with Gasteiger partial charge in [0.05, 0.1) is 5.69 Å². The van der Waals surface area contributed by atoms with Gasteiger partial charge in [0, 0.05) is 30.9 Å². The van der Waals surface area contributed by atoms with Gasteiger partial charge < -0.3 is 5.32 Å². The Balaban J connectivity index is 2.21. The Bertz CT molecular complexity index is 482. The number of aryl methyl sites for hydroxylation is 1. The predicted octanol–water partition coefficient (Wildman–Crippen LogP) is 2.20. The number of nitrogens with one attached hydrogen (secondary N) is 1. The molecule has 1 N–H and O–H groups in total. The van der Waals surface area contributed by atoms with Gasteiger partial charge in [0.1, 0.15) is 11.6 Å². The number of nitrogens with zero attached hydrogens (tertiary/aromatic N) is 3. The smallest absolute Gasteiger partial charge is 0.129 e. The molecule has 0 radical (unpaired) electrons. The highest BCUT2D eigenvalue weighted by atomic mass is 15.0. The van der Waals surface area contributed by atoms with E-state index in [-0.39, 0.29) is 0 Å². The van der Waals surface area contributed by atoms with Gasteiger partial charge in [-0.15, -0.1) is 0 Å². The summed E-state index contributed by atoms with van der Waals surface area (Å²) in [5, 5.41) is 3.20. The monoisotopic (exact) mass is 228 g/mol. The molecule has 0 aromatic carbocycles. The minimum absolute atomic E-state index is 0.739. The van der Waals surface area contributed by atoms with Crippen molar-refractivity contribution in [2.45, 2.75) is 20.3 Å². The Morgan fingerprint density at radius 1 is 1.18 bits per heavy atom. The molecule has 17 heavy (non-hydrogen) atoms. The molecule has 0 atom stereocenters. The fourth-order valence-corrected chi connectivity index (χ4v) is 1.68. The summed E-state index contributed by atoms with van der Waals surface area (Å²) in [5.74, 6) is 1.67. The van der Waals surface area contributed by atoms with E-state index in [9.17, 15) is 0 Å². The van der Waals surface area contributed by atoms with E-state index in [1.165, 1.54) is 0 Å². The Morgan fingerprint density at radius 3 is 2.76 bits per heavy atom. The van der Waals surface area contributed by atoms with E-state index < -0.39 is 0 Å². The van der Waals surface area contributed by atoms with E-state index in [1.807, 2.05) is 31.2 Å². The average molecular weight is 228 g/mol. The lowest BCUT2D eigenvalue weighted by Gasteiger charge is -2.06. The first-order chi connectivity index (χ1) is 8.28. The van der Waals surface area contributed by atoms with Crippen LogP contribution < -0.4 is 5.32 Å². The van der Waals surface area contributed by atoms with E-state index in [0.717, 1.165) is 36.0 Å². The summed E-state index contributed by atoms with van der Waals surface area (Å²) in [5.41, 5.74) is 2.01. The number of pyridine rings is 1. The van der Waals surface area contributed by atoms with Crippen molar-refractivity contribution in [3.8, 4) is 0 Å². The number of hydrogen-bond acceptors (Lipinski definition) is 4. The third-order valence-corrected chi connectivity index (χ3v) is 2.34. The van der Waals surface area contributed by atoms with E-state index in [1.54, 1.807) is 6.20 Å². The number of aromatic nitrogens is 3. The van der Waals surface area contributed by atoms with Crippen molar-refractivity contribution in [3.05, 3.63) is 47.7 Å². The largest absolute Gasteiger partial charge is 0.370 e. The van der Waals surface area contributed by atoms with Crippen LogP contribution in [0.2, 0.25) is 0 Å². The first kappa shape index (κ1) is 11.5. The standard InChI is InChI=1S/C13H16N4/c1-3-14-13-9-12(16-10(2)17-13)8-11-6-4-5-7-15-11/h4-7,9H,3,8H2,1-2H3,(H,14,16,17). The Labute approximate surface area is 101 Å². The van der Waals surface area contributed by atoms with Gasteiger partial charge in [-0.2, -0.15) is 0 Å². The number of anilines is 1. The Hall–Kier alpha value is -1.97. The van der Waals surface area contributed by atoms with Crippen LogP contribution >= 0.6 is 0 Å². The van der Waals surface area contributed by atoms with Crippen LogP contribution in [0, 0.1) is 6.92 Å². The molecular weight excluding hydrogens is 212 g/mol. The number of hydrogen-bond donors (Lipinski definition) is 1. The van der Waals surface area contributed by atoms with Crippen molar-refractivity contribution >= 4 is 5.82 Å². The quantitative estimate of drug-likeness (QED) is 0.871. The summed E-state index contributed by atoms with van der Waals surface area (Å²) in [7, 11) is 0. The highest BCUT2D eigenvalue weighted by Gasteiger charge is 2.03. The fourth-order valence-electron chi connectivity index (χ4n) is 1.68. The lowest BCUT2D eigenvalue weighted by atomic mass is 10.2. The maximum absolute atomic E-state index is 4.42. The molecule has 0 unspecified atom stereocenters. The second kappa shape index (κ2) is 5.39. The summed E-state index contributed by atoms with van der Waals surface area (Å²) in [6.45, 7) is 4.82. The van der Waals surface area contributed by atoms with Gasteiger partial charge >= 0.3 is 0 Å². The topological polar surface area (TPSA) is 50.7 Å². The molecule has 0 aliphatic rings. The van der Waals surface area contributed by atoms with E-state index >= 15 is 0 Å². The van der Waals surface area contributed by atoms with Gasteiger partial charge in [-0.3, -0.25) is 4.98 Å². The van der Waals surface area contributed by atoms with E-state index in [4.69, 9.17) is 0 Å². The molecule has 2 aromatic heterocycles. The van der Waals surface area contributed by atoms with Crippen molar-refractivity contribution in [1.82, 2.24) is 15.0 Å². The average Bonchev–Trinajstić information content (AvgIpc) is 2.30. The molecule has 0 spiro atoms. The highest BCUT2D eigenvalue weighted by Crippen LogP contribution is 2.10. The van der Waals surface area contributed by atoms with E-state index in [2.05, 4.69) is 27.2 Å². The second-order valence-corrected chi connectivity index (χ2v) is 3.82. The molecule has 2 aromatic rings. The molecule has 0 aliphatic carbocycles. The normalized spacial score (nSPS) is 10.2. The molecule has 0 fully saturated rings. The molecule has 0 aliphatic heterocycles. The third-order valence-electron chi connectivity index (χ3n) is 2.34. The van der Waals surface area contributed by atoms with Crippen molar-refractivity contribution in [1.29, 1.82) is 0 Å². The zero-order chi connectivity index (χ0) is 12.1. The van der Waals surface area contributed by atoms with E-state index in [0.29, 0.717) is 0 Å². The molecule has 2 heterocycles. The van der Waals surface area contributed by atoms with Gasteiger partial charge in [-0.25, -0.2) is 9.97 Å². The minimum atomic E-state index is 0.739. The van der Waals surface area contributed by atoms with Crippen molar-refractivity contribution in [2.24, 2.45) is 0 Å². The molecule has 0 saturated heterocycles. The SMILES string of the molecule is CCNc1cc(Cc2ccccn2)nc(C)n1. The molecule has 0 saturated carbocycles. The zero-order valence-corrected chi connectivity index (χ0v) is 10.1. The third kappa shape index (κ3) is 3.24. The summed E-state index contributed by atoms with van der Waals surface area (Å²) in [6.07, 6.45) is 2.54. The van der Waals surface area contributed by atoms with Crippen molar-refractivity contribution in [3.63, 3.8) is 0 Å². The van der Waals surface area contributed by atoms with Crippen LogP contribution in [0.4, 0.5) is 5.82 Å². The second-order valence-electron chi connectivity index (χ2n) is 3.82. The minimum Gasteiger partial charge on any atom is -0.370 e. The summed E-state index contributed by atoms with van der Waals surface area (Å²) >= 11 is 0. The maximum Gasteiger partial charge on any atom is 0.129 e. The Kier molecular flexibility index (Phi) is 3.65. The summed E-state index contributed by atoms with van der Waals surface area (Å²) in [4.78, 5) is 13.0. The predicted molar refractivity (Wildman–Crippen MR) is 68.0 cm³/mol. The lowest BCUT2D eigenvalue weighted by molar-refractivity contribution is 0.942. The van der Waals surface area contributed by atoms with Crippen LogP contribution in [0.5, 0.6) is 0 Å². The van der Waals surface area contributed by atoms with Gasteiger partial charge in [-0.1, -0.05) is 6.07 Å². The molecule has 2 rings (SSSR count). The summed E-state index contributed by atoms with van der Waals surface area (Å²) < 4.78 is 0. The fraction of sp³-hybridized carbons (Fsp3) is 0.308. The number of rotatable bonds is 4. The molecule has 4 heteroatoms. The molecule has 0 amide bonds. The van der Waals surface area contributed by atoms with Gasteiger partial charge in [0.15, 0.2) is 0 Å². The zero-order valence-electron chi connectivity index (χ0n) is 10.1. The summed E-state index contributed by atoms with van der Waals surface area (Å²) in [6, 6.07) is 7.88. The van der Waals surface area contributed by atoms with Crippen LogP contribution in [0.3, 0.4) is 0 Å². The van der Waals surface area contributed by atoms with Crippen molar-refractivity contribution in [2.75, 3.05) is 11.9 Å². The van der Waals surface area contributed by atoms with Gasteiger partial charge in [0.2, 0.25) is 0 Å². The van der Waals surface area contributed by atoms with Gasteiger partial charge in [-0.05, 0) is 26.0 Å². The van der Waals surface area contributed by atoms with Crippen molar-refractivity contribution < 1.29 is 0 Å². The van der Waals surface area contributed by atoms with Crippen LogP contribution in [0.15, 0.2) is 30.5 Å².